The lowest BCUT2D eigenvalue weighted by Crippen LogP contribution is -2.35. The topological polar surface area (TPSA) is 28.4 Å². The van der Waals surface area contributed by atoms with Crippen molar-refractivity contribution in [1.29, 1.82) is 0 Å². The molecule has 4 heteroatoms. The highest BCUT2D eigenvalue weighted by molar-refractivity contribution is 7.99. The monoisotopic (exact) mass is 308 g/mol. The summed E-state index contributed by atoms with van der Waals surface area (Å²) in [7, 11) is 0. The summed E-state index contributed by atoms with van der Waals surface area (Å²) in [5.41, 5.74) is 4.07. The summed E-state index contributed by atoms with van der Waals surface area (Å²) in [4.78, 5) is 2.58. The Morgan fingerprint density at radius 3 is 2.71 bits per heavy atom. The molecular formula is C17H28N2OS. The van der Waals surface area contributed by atoms with Crippen molar-refractivity contribution in [3.05, 3.63) is 23.0 Å². The van der Waals surface area contributed by atoms with Gasteiger partial charge in [0.15, 0.2) is 0 Å². The maximum absolute atomic E-state index is 10.4. The first-order valence-corrected chi connectivity index (χ1v) is 9.29. The molecule has 21 heavy (non-hydrogen) atoms. The summed E-state index contributed by atoms with van der Waals surface area (Å²) in [6.45, 7) is 11.4. The van der Waals surface area contributed by atoms with E-state index in [1.165, 1.54) is 41.5 Å². The lowest BCUT2D eigenvalue weighted by Gasteiger charge is -2.34. The fourth-order valence-corrected chi connectivity index (χ4v) is 4.76. The van der Waals surface area contributed by atoms with Gasteiger partial charge >= 0.3 is 0 Å². The van der Waals surface area contributed by atoms with Gasteiger partial charge in [0.25, 0.3) is 0 Å². The van der Waals surface area contributed by atoms with E-state index in [0.29, 0.717) is 0 Å². The third kappa shape index (κ3) is 3.33. The third-order valence-corrected chi connectivity index (χ3v) is 5.89. The Morgan fingerprint density at radius 1 is 1.29 bits per heavy atom. The van der Waals surface area contributed by atoms with Gasteiger partial charge in [-0.15, -0.1) is 0 Å². The molecule has 2 heterocycles. The van der Waals surface area contributed by atoms with Crippen LogP contribution < -0.4 is 0 Å². The minimum atomic E-state index is -0.282. The zero-order valence-corrected chi connectivity index (χ0v) is 14.4. The van der Waals surface area contributed by atoms with Crippen molar-refractivity contribution < 1.29 is 5.11 Å². The van der Waals surface area contributed by atoms with Crippen LogP contribution in [0.5, 0.6) is 0 Å². The first-order valence-electron chi connectivity index (χ1n) is 8.13. The minimum absolute atomic E-state index is 0.205. The molecule has 1 saturated heterocycles. The third-order valence-electron chi connectivity index (χ3n) is 4.94. The van der Waals surface area contributed by atoms with Crippen molar-refractivity contribution in [2.45, 2.75) is 46.3 Å². The Kier molecular flexibility index (Phi) is 4.40. The van der Waals surface area contributed by atoms with Crippen LogP contribution in [0.1, 0.15) is 43.3 Å². The van der Waals surface area contributed by atoms with Crippen LogP contribution >= 0.6 is 11.8 Å². The number of rotatable bonds is 3. The fraction of sp³-hybridized carbons (Fsp3) is 0.765. The van der Waals surface area contributed by atoms with Gasteiger partial charge in [0.1, 0.15) is 0 Å². The summed E-state index contributed by atoms with van der Waals surface area (Å²) < 4.78 is 2.46. The van der Waals surface area contributed by atoms with E-state index in [9.17, 15) is 5.11 Å². The molecular weight excluding hydrogens is 280 g/mol. The van der Waals surface area contributed by atoms with E-state index >= 15 is 0 Å². The van der Waals surface area contributed by atoms with Gasteiger partial charge in [0.05, 0.1) is 6.10 Å². The number of aromatic nitrogens is 1. The highest BCUT2D eigenvalue weighted by Gasteiger charge is 2.34. The smallest absolute Gasteiger partial charge is 0.0812 e. The molecule has 0 aromatic carbocycles. The molecule has 1 aliphatic heterocycles. The number of fused-ring (bicyclic) bond motifs is 1. The number of aliphatic hydroxyl groups excluding tert-OH is 1. The maximum atomic E-state index is 10.4. The van der Waals surface area contributed by atoms with E-state index in [1.54, 1.807) is 0 Å². The summed E-state index contributed by atoms with van der Waals surface area (Å²) in [6, 6.07) is 2.21. The van der Waals surface area contributed by atoms with Gasteiger partial charge in [-0.2, -0.15) is 11.8 Å². The molecule has 1 aromatic rings. The first kappa shape index (κ1) is 15.4. The second-order valence-electron chi connectivity index (χ2n) is 7.35. The Morgan fingerprint density at radius 2 is 2.00 bits per heavy atom. The number of aryl methyl sites for hydroxylation is 1. The normalized spacial score (nSPS) is 25.8. The standard InChI is InChI=1S/C17H28N2OS/c1-13-10-14-15(11-17(2,3)12-16(14)20)19(13)5-4-18-6-8-21-9-7-18/h10,16,20H,4-9,11-12H2,1-3H3. The molecule has 3 nitrogen and oxygen atoms in total. The Hall–Kier alpha value is -0.450. The van der Waals surface area contributed by atoms with Crippen LogP contribution in [0.25, 0.3) is 0 Å². The zero-order valence-electron chi connectivity index (χ0n) is 13.6. The summed E-state index contributed by atoms with van der Waals surface area (Å²) in [5, 5.41) is 10.4. The number of thioether (sulfide) groups is 1. The lowest BCUT2D eigenvalue weighted by molar-refractivity contribution is 0.0977. The fourth-order valence-electron chi connectivity index (χ4n) is 3.78. The molecule has 0 saturated carbocycles. The predicted octanol–water partition coefficient (Wildman–Crippen LogP) is 2.85. The van der Waals surface area contributed by atoms with E-state index in [2.05, 4.69) is 48.1 Å². The molecule has 0 bridgehead atoms. The molecule has 2 aliphatic rings. The average molecular weight is 308 g/mol. The highest BCUT2D eigenvalue weighted by Crippen LogP contribution is 2.41. The van der Waals surface area contributed by atoms with Crippen LogP contribution in [-0.2, 0) is 13.0 Å². The zero-order chi connectivity index (χ0) is 15.0. The van der Waals surface area contributed by atoms with Crippen molar-refractivity contribution in [2.75, 3.05) is 31.1 Å². The van der Waals surface area contributed by atoms with Gasteiger partial charge in [0.2, 0.25) is 0 Å². The molecule has 1 N–H and O–H groups in total. The van der Waals surface area contributed by atoms with E-state index in [0.717, 1.165) is 25.9 Å². The van der Waals surface area contributed by atoms with E-state index < -0.39 is 0 Å². The molecule has 3 rings (SSSR count). The van der Waals surface area contributed by atoms with E-state index in [4.69, 9.17) is 0 Å². The van der Waals surface area contributed by atoms with E-state index in [1.807, 2.05) is 0 Å². The second-order valence-corrected chi connectivity index (χ2v) is 8.58. The van der Waals surface area contributed by atoms with Gasteiger partial charge in [-0.3, -0.25) is 4.90 Å². The van der Waals surface area contributed by atoms with Gasteiger partial charge in [-0.1, -0.05) is 13.8 Å². The minimum Gasteiger partial charge on any atom is -0.388 e. The van der Waals surface area contributed by atoms with E-state index in [-0.39, 0.29) is 11.5 Å². The van der Waals surface area contributed by atoms with Gasteiger partial charge in [0, 0.05) is 54.6 Å². The quantitative estimate of drug-likeness (QED) is 0.931. The molecule has 1 fully saturated rings. The van der Waals surface area contributed by atoms with Crippen molar-refractivity contribution in [1.82, 2.24) is 9.47 Å². The number of aliphatic hydroxyl groups is 1. The van der Waals surface area contributed by atoms with Gasteiger partial charge in [-0.25, -0.2) is 0 Å². The molecule has 1 aliphatic carbocycles. The van der Waals surface area contributed by atoms with Crippen LogP contribution in [0.3, 0.4) is 0 Å². The van der Waals surface area contributed by atoms with Crippen molar-refractivity contribution >= 4 is 11.8 Å². The van der Waals surface area contributed by atoms with Crippen molar-refractivity contribution in [3.63, 3.8) is 0 Å². The molecule has 118 valence electrons. The van der Waals surface area contributed by atoms with Crippen LogP contribution in [0.15, 0.2) is 6.07 Å². The highest BCUT2D eigenvalue weighted by atomic mass is 32.2. The number of nitrogens with zero attached hydrogens (tertiary/aromatic N) is 2. The number of hydrogen-bond acceptors (Lipinski definition) is 3. The summed E-state index contributed by atoms with van der Waals surface area (Å²) >= 11 is 2.07. The summed E-state index contributed by atoms with van der Waals surface area (Å²) in [6.07, 6.45) is 1.69. The van der Waals surface area contributed by atoms with Crippen LogP contribution in [0.2, 0.25) is 0 Å². The molecule has 0 amide bonds. The molecule has 0 spiro atoms. The van der Waals surface area contributed by atoms with Crippen LogP contribution in [-0.4, -0.2) is 45.7 Å². The second kappa shape index (κ2) is 5.98. The van der Waals surface area contributed by atoms with Gasteiger partial charge < -0.3 is 9.67 Å². The van der Waals surface area contributed by atoms with Crippen molar-refractivity contribution in [3.8, 4) is 0 Å². The largest absolute Gasteiger partial charge is 0.388 e. The van der Waals surface area contributed by atoms with Crippen molar-refractivity contribution in [2.24, 2.45) is 5.41 Å². The molecule has 1 aromatic heterocycles. The van der Waals surface area contributed by atoms with Crippen LogP contribution in [0.4, 0.5) is 0 Å². The molecule has 0 radical (unpaired) electrons. The maximum Gasteiger partial charge on any atom is 0.0812 e. The number of hydrogen-bond donors (Lipinski definition) is 1. The molecule has 1 unspecified atom stereocenters. The Bertz CT molecular complexity index is 503. The van der Waals surface area contributed by atoms with Crippen LogP contribution in [0, 0.1) is 12.3 Å². The Labute approximate surface area is 132 Å². The predicted molar refractivity (Wildman–Crippen MR) is 90.0 cm³/mol. The Balaban J connectivity index is 1.76. The first-order chi connectivity index (χ1) is 9.96. The summed E-state index contributed by atoms with van der Waals surface area (Å²) in [5.74, 6) is 2.54. The SMILES string of the molecule is Cc1cc2c(n1CCN1CCSCC1)CC(C)(C)CC2O. The van der Waals surface area contributed by atoms with Gasteiger partial charge in [-0.05, 0) is 31.2 Å². The average Bonchev–Trinajstić information content (AvgIpc) is 2.73. The molecule has 1 atom stereocenters. The lowest BCUT2D eigenvalue weighted by atomic mass is 9.75.